The molecule has 0 fully saturated rings. The first kappa shape index (κ1) is 18.6. The summed E-state index contributed by atoms with van der Waals surface area (Å²) in [4.78, 5) is 6.15. The number of thioether (sulfide) groups is 1. The molecule has 0 unspecified atom stereocenters. The summed E-state index contributed by atoms with van der Waals surface area (Å²) in [6, 6.07) is 27.1. The minimum atomic E-state index is 0.696. The molecule has 4 heteroatoms. The molecular weight excluding hydrogens is 364 g/mol. The Labute approximate surface area is 170 Å². The molecule has 0 aliphatic rings. The second-order valence-corrected chi connectivity index (χ2v) is 7.84. The Morgan fingerprint density at radius 1 is 0.929 bits per heavy atom. The number of nitrogens with zero attached hydrogens (tertiary/aromatic N) is 2. The average Bonchev–Trinajstić information content (AvgIpc) is 3.08. The molecule has 0 bridgehead atoms. The van der Waals surface area contributed by atoms with Crippen LogP contribution in [0.3, 0.4) is 0 Å². The number of rotatable bonds is 8. The predicted molar refractivity (Wildman–Crippen MR) is 117 cm³/mol. The summed E-state index contributed by atoms with van der Waals surface area (Å²) < 4.78 is 8.27. The molecular formula is C24H24N2OS. The molecule has 142 valence electrons. The fourth-order valence-electron chi connectivity index (χ4n) is 3.27. The van der Waals surface area contributed by atoms with Gasteiger partial charge in [0.25, 0.3) is 0 Å². The van der Waals surface area contributed by atoms with Crippen LogP contribution < -0.4 is 4.74 Å². The van der Waals surface area contributed by atoms with E-state index in [1.54, 1.807) is 0 Å². The Morgan fingerprint density at radius 2 is 1.75 bits per heavy atom. The number of hydrogen-bond donors (Lipinski definition) is 0. The molecule has 28 heavy (non-hydrogen) atoms. The third-order valence-corrected chi connectivity index (χ3v) is 5.64. The molecule has 4 aromatic rings. The Kier molecular flexibility index (Phi) is 5.98. The van der Waals surface area contributed by atoms with E-state index in [1.807, 2.05) is 30.0 Å². The van der Waals surface area contributed by atoms with Gasteiger partial charge in [0, 0.05) is 11.4 Å². The SMILES string of the molecule is Cc1cccc(OCCCn2c(CSc3ccccc3)nc3ccccc32)c1. The number of para-hydroxylation sites is 2. The smallest absolute Gasteiger partial charge is 0.120 e. The van der Waals surface area contributed by atoms with Crippen molar-refractivity contribution in [2.75, 3.05) is 6.61 Å². The highest BCUT2D eigenvalue weighted by atomic mass is 32.2. The van der Waals surface area contributed by atoms with Crippen LogP contribution in [0, 0.1) is 6.92 Å². The first-order valence-corrected chi connectivity index (χ1v) is 10.6. The average molecular weight is 389 g/mol. The van der Waals surface area contributed by atoms with Crippen LogP contribution in [-0.2, 0) is 12.3 Å². The van der Waals surface area contributed by atoms with Gasteiger partial charge in [0.2, 0.25) is 0 Å². The second kappa shape index (κ2) is 8.98. The molecule has 0 saturated carbocycles. The molecule has 0 amide bonds. The highest BCUT2D eigenvalue weighted by Crippen LogP contribution is 2.25. The molecule has 0 aliphatic carbocycles. The Morgan fingerprint density at radius 3 is 2.61 bits per heavy atom. The van der Waals surface area contributed by atoms with Gasteiger partial charge in [-0.1, -0.05) is 42.5 Å². The van der Waals surface area contributed by atoms with Gasteiger partial charge >= 0.3 is 0 Å². The summed E-state index contributed by atoms with van der Waals surface area (Å²) in [5.41, 5.74) is 3.48. The van der Waals surface area contributed by atoms with Crippen molar-refractivity contribution in [3.63, 3.8) is 0 Å². The third-order valence-electron chi connectivity index (χ3n) is 4.63. The number of fused-ring (bicyclic) bond motifs is 1. The van der Waals surface area contributed by atoms with E-state index in [4.69, 9.17) is 9.72 Å². The summed E-state index contributed by atoms with van der Waals surface area (Å²) >= 11 is 1.83. The zero-order valence-electron chi connectivity index (χ0n) is 16.0. The van der Waals surface area contributed by atoms with Crippen molar-refractivity contribution in [3.05, 3.63) is 90.3 Å². The summed E-state index contributed by atoms with van der Waals surface area (Å²) in [7, 11) is 0. The molecule has 0 radical (unpaired) electrons. The molecule has 4 rings (SSSR count). The van der Waals surface area contributed by atoms with Crippen molar-refractivity contribution in [1.82, 2.24) is 9.55 Å². The van der Waals surface area contributed by atoms with Crippen molar-refractivity contribution < 1.29 is 4.74 Å². The Balaban J connectivity index is 1.44. The summed E-state index contributed by atoms with van der Waals surface area (Å²) in [5.74, 6) is 2.92. The number of ether oxygens (including phenoxy) is 1. The van der Waals surface area contributed by atoms with Crippen LogP contribution in [0.15, 0.2) is 83.8 Å². The van der Waals surface area contributed by atoms with E-state index in [2.05, 4.69) is 72.2 Å². The summed E-state index contributed by atoms with van der Waals surface area (Å²) in [6.45, 7) is 3.68. The zero-order valence-corrected chi connectivity index (χ0v) is 16.9. The maximum absolute atomic E-state index is 5.93. The summed E-state index contributed by atoms with van der Waals surface area (Å²) in [5, 5.41) is 0. The van der Waals surface area contributed by atoms with E-state index >= 15 is 0 Å². The van der Waals surface area contributed by atoms with Crippen LogP contribution in [0.5, 0.6) is 5.75 Å². The van der Waals surface area contributed by atoms with Crippen LogP contribution in [0.25, 0.3) is 11.0 Å². The number of aromatic nitrogens is 2. The lowest BCUT2D eigenvalue weighted by Gasteiger charge is -2.11. The van der Waals surface area contributed by atoms with Gasteiger partial charge in [-0.2, -0.15) is 0 Å². The van der Waals surface area contributed by atoms with Gasteiger partial charge < -0.3 is 9.30 Å². The number of benzene rings is 3. The largest absolute Gasteiger partial charge is 0.494 e. The Bertz CT molecular complexity index is 1040. The van der Waals surface area contributed by atoms with Crippen LogP contribution in [0.4, 0.5) is 0 Å². The quantitative estimate of drug-likeness (QED) is 0.269. The first-order valence-electron chi connectivity index (χ1n) is 9.61. The van der Waals surface area contributed by atoms with Crippen molar-refractivity contribution >= 4 is 22.8 Å². The van der Waals surface area contributed by atoms with Gasteiger partial charge in [-0.05, 0) is 55.3 Å². The number of hydrogen-bond acceptors (Lipinski definition) is 3. The lowest BCUT2D eigenvalue weighted by atomic mass is 10.2. The van der Waals surface area contributed by atoms with Gasteiger partial charge in [0.05, 0.1) is 23.4 Å². The van der Waals surface area contributed by atoms with Crippen LogP contribution in [0.2, 0.25) is 0 Å². The zero-order chi connectivity index (χ0) is 19.2. The molecule has 3 nitrogen and oxygen atoms in total. The maximum atomic E-state index is 5.93. The number of imidazole rings is 1. The Hall–Kier alpha value is -2.72. The standard InChI is InChI=1S/C24H24N2OS/c1-19-9-7-10-20(17-19)27-16-8-15-26-23-14-6-5-13-22(23)25-24(26)18-28-21-11-3-2-4-12-21/h2-7,9-14,17H,8,15-16,18H2,1H3. The normalized spacial score (nSPS) is 11.0. The predicted octanol–water partition coefficient (Wildman–Crippen LogP) is 6.11. The lowest BCUT2D eigenvalue weighted by molar-refractivity contribution is 0.302. The van der Waals surface area contributed by atoms with Crippen LogP contribution in [0.1, 0.15) is 17.8 Å². The van der Waals surface area contributed by atoms with Gasteiger partial charge in [-0.15, -0.1) is 11.8 Å². The maximum Gasteiger partial charge on any atom is 0.120 e. The van der Waals surface area contributed by atoms with E-state index in [0.29, 0.717) is 6.61 Å². The van der Waals surface area contributed by atoms with E-state index in [1.165, 1.54) is 16.0 Å². The van der Waals surface area contributed by atoms with Crippen molar-refractivity contribution in [2.45, 2.75) is 30.5 Å². The van der Waals surface area contributed by atoms with Crippen molar-refractivity contribution in [2.24, 2.45) is 0 Å². The van der Waals surface area contributed by atoms with Gasteiger partial charge in [-0.25, -0.2) is 4.98 Å². The molecule has 0 atom stereocenters. The van der Waals surface area contributed by atoms with Crippen molar-refractivity contribution in [3.8, 4) is 5.75 Å². The van der Waals surface area contributed by atoms with E-state index in [0.717, 1.165) is 35.8 Å². The molecule has 1 heterocycles. The molecule has 0 saturated heterocycles. The topological polar surface area (TPSA) is 27.1 Å². The molecule has 3 aromatic carbocycles. The first-order chi connectivity index (χ1) is 13.8. The lowest BCUT2D eigenvalue weighted by Crippen LogP contribution is -2.07. The highest BCUT2D eigenvalue weighted by Gasteiger charge is 2.10. The van der Waals surface area contributed by atoms with Crippen LogP contribution >= 0.6 is 11.8 Å². The van der Waals surface area contributed by atoms with Crippen LogP contribution in [-0.4, -0.2) is 16.2 Å². The van der Waals surface area contributed by atoms with Gasteiger partial charge in [0.15, 0.2) is 0 Å². The fraction of sp³-hybridized carbons (Fsp3) is 0.208. The molecule has 1 aromatic heterocycles. The monoisotopic (exact) mass is 388 g/mol. The second-order valence-electron chi connectivity index (χ2n) is 6.79. The highest BCUT2D eigenvalue weighted by molar-refractivity contribution is 7.98. The third kappa shape index (κ3) is 4.57. The number of aryl methyl sites for hydroxylation is 2. The fourth-order valence-corrected chi connectivity index (χ4v) is 4.13. The minimum absolute atomic E-state index is 0.696. The molecule has 0 aliphatic heterocycles. The van der Waals surface area contributed by atoms with Gasteiger partial charge in [0.1, 0.15) is 11.6 Å². The van der Waals surface area contributed by atoms with E-state index in [-0.39, 0.29) is 0 Å². The minimum Gasteiger partial charge on any atom is -0.494 e. The van der Waals surface area contributed by atoms with Gasteiger partial charge in [-0.3, -0.25) is 0 Å². The summed E-state index contributed by atoms with van der Waals surface area (Å²) in [6.07, 6.45) is 0.942. The van der Waals surface area contributed by atoms with E-state index in [9.17, 15) is 0 Å². The van der Waals surface area contributed by atoms with Crippen molar-refractivity contribution in [1.29, 1.82) is 0 Å². The molecule has 0 spiro atoms. The molecule has 0 N–H and O–H groups in total. The van der Waals surface area contributed by atoms with E-state index < -0.39 is 0 Å².